The molecule has 26 heavy (non-hydrogen) atoms. The standard InChI is InChI=1S/C15H15N9OS/c1-2-10(26-14-11-12(18-6-17-11)20-15(16)21-14)13(25)19-7-3-4-8-9(5-7)23-24-22-8/h3-6,10H,2H2,1H3,(H,19,25)(H,22,23,24)(H3,16,17,18,20,21)/t10-/m1/s1. The Morgan fingerprint density at radius 2 is 2.15 bits per heavy atom. The Morgan fingerprint density at radius 3 is 3.00 bits per heavy atom. The van der Waals surface area contributed by atoms with E-state index in [9.17, 15) is 4.79 Å². The lowest BCUT2D eigenvalue weighted by atomic mass is 10.2. The number of aromatic amines is 2. The van der Waals surface area contributed by atoms with Crippen LogP contribution in [-0.2, 0) is 4.79 Å². The highest BCUT2D eigenvalue weighted by Crippen LogP contribution is 2.30. The fourth-order valence-electron chi connectivity index (χ4n) is 2.51. The second kappa shape index (κ2) is 6.59. The van der Waals surface area contributed by atoms with Crippen molar-refractivity contribution >= 4 is 51.5 Å². The Balaban J connectivity index is 1.55. The Labute approximate surface area is 151 Å². The third kappa shape index (κ3) is 3.04. The Morgan fingerprint density at radius 1 is 1.31 bits per heavy atom. The van der Waals surface area contributed by atoms with E-state index in [1.54, 1.807) is 18.2 Å². The lowest BCUT2D eigenvalue weighted by Crippen LogP contribution is -2.24. The van der Waals surface area contributed by atoms with Gasteiger partial charge < -0.3 is 16.0 Å². The summed E-state index contributed by atoms with van der Waals surface area (Å²) in [7, 11) is 0. The van der Waals surface area contributed by atoms with Crippen molar-refractivity contribution in [3.63, 3.8) is 0 Å². The van der Waals surface area contributed by atoms with Crippen molar-refractivity contribution in [3.05, 3.63) is 24.5 Å². The average Bonchev–Trinajstić information content (AvgIpc) is 3.27. The topological polar surface area (TPSA) is 151 Å². The molecule has 0 aliphatic heterocycles. The minimum absolute atomic E-state index is 0.124. The van der Waals surface area contributed by atoms with Crippen LogP contribution in [0.2, 0.25) is 0 Å². The SMILES string of the molecule is CC[C@@H](Sc1nc(N)nc2nc[nH]c12)C(=O)Nc1ccc2n[nH]nc2c1. The molecule has 0 radical (unpaired) electrons. The van der Waals surface area contributed by atoms with E-state index >= 15 is 0 Å². The van der Waals surface area contributed by atoms with Crippen LogP contribution in [0.1, 0.15) is 13.3 Å². The molecule has 5 N–H and O–H groups in total. The molecule has 4 rings (SSSR count). The van der Waals surface area contributed by atoms with Crippen LogP contribution >= 0.6 is 11.8 Å². The van der Waals surface area contributed by atoms with Crippen molar-refractivity contribution in [1.29, 1.82) is 0 Å². The van der Waals surface area contributed by atoms with Crippen molar-refractivity contribution in [2.24, 2.45) is 0 Å². The van der Waals surface area contributed by atoms with Gasteiger partial charge in [-0.3, -0.25) is 4.79 Å². The Kier molecular flexibility index (Phi) is 4.13. The molecule has 0 saturated carbocycles. The molecule has 0 aliphatic carbocycles. The van der Waals surface area contributed by atoms with E-state index in [4.69, 9.17) is 5.73 Å². The van der Waals surface area contributed by atoms with E-state index < -0.39 is 0 Å². The molecule has 0 aliphatic rings. The van der Waals surface area contributed by atoms with Gasteiger partial charge in [0.05, 0.1) is 11.6 Å². The van der Waals surface area contributed by atoms with Gasteiger partial charge in [-0.25, -0.2) is 9.97 Å². The number of H-pyrrole nitrogens is 2. The number of fused-ring (bicyclic) bond motifs is 2. The van der Waals surface area contributed by atoms with Crippen molar-refractivity contribution in [3.8, 4) is 0 Å². The first-order valence-electron chi connectivity index (χ1n) is 7.88. The van der Waals surface area contributed by atoms with Crippen molar-refractivity contribution < 1.29 is 4.79 Å². The fourth-order valence-corrected chi connectivity index (χ4v) is 3.52. The second-order valence-electron chi connectivity index (χ2n) is 5.52. The second-order valence-corrected chi connectivity index (χ2v) is 6.71. The summed E-state index contributed by atoms with van der Waals surface area (Å²) in [4.78, 5) is 28.1. The molecule has 0 saturated heterocycles. The van der Waals surface area contributed by atoms with Crippen molar-refractivity contribution in [2.45, 2.75) is 23.6 Å². The van der Waals surface area contributed by atoms with Gasteiger partial charge in [-0.15, -0.1) is 0 Å². The molecule has 1 atom stereocenters. The Hall–Kier alpha value is -3.21. The molecule has 11 heteroatoms. The number of amides is 1. The molecule has 1 amide bonds. The molecule has 3 heterocycles. The smallest absolute Gasteiger partial charge is 0.237 e. The van der Waals surface area contributed by atoms with Gasteiger partial charge in [-0.2, -0.15) is 20.4 Å². The number of benzene rings is 1. The van der Waals surface area contributed by atoms with Gasteiger partial charge in [0.25, 0.3) is 0 Å². The predicted octanol–water partition coefficient (Wildman–Crippen LogP) is 1.72. The van der Waals surface area contributed by atoms with E-state index in [-0.39, 0.29) is 17.1 Å². The van der Waals surface area contributed by atoms with Gasteiger partial charge in [-0.1, -0.05) is 18.7 Å². The van der Waals surface area contributed by atoms with E-state index in [0.717, 1.165) is 5.52 Å². The normalized spacial score (nSPS) is 12.5. The zero-order valence-electron chi connectivity index (χ0n) is 13.7. The quantitative estimate of drug-likeness (QED) is 0.306. The largest absolute Gasteiger partial charge is 0.368 e. The van der Waals surface area contributed by atoms with Gasteiger partial charge in [-0.05, 0) is 24.6 Å². The zero-order valence-corrected chi connectivity index (χ0v) is 14.5. The van der Waals surface area contributed by atoms with Crippen LogP contribution in [0.3, 0.4) is 0 Å². The summed E-state index contributed by atoms with van der Waals surface area (Å²) in [6, 6.07) is 5.35. The number of nitrogens with two attached hydrogens (primary N) is 1. The van der Waals surface area contributed by atoms with Gasteiger partial charge in [0.15, 0.2) is 5.65 Å². The fraction of sp³-hybridized carbons (Fsp3) is 0.200. The number of anilines is 2. The number of rotatable bonds is 5. The first kappa shape index (κ1) is 16.3. The van der Waals surface area contributed by atoms with Crippen LogP contribution in [0.5, 0.6) is 0 Å². The highest BCUT2D eigenvalue weighted by atomic mass is 32.2. The highest BCUT2D eigenvalue weighted by molar-refractivity contribution is 8.00. The van der Waals surface area contributed by atoms with Crippen molar-refractivity contribution in [2.75, 3.05) is 11.1 Å². The lowest BCUT2D eigenvalue weighted by Gasteiger charge is -2.14. The summed E-state index contributed by atoms with van der Waals surface area (Å²) in [5.74, 6) is -0.0101. The van der Waals surface area contributed by atoms with Crippen LogP contribution < -0.4 is 11.1 Å². The number of hydrogen-bond donors (Lipinski definition) is 4. The number of thioether (sulfide) groups is 1. The third-order valence-electron chi connectivity index (χ3n) is 3.77. The molecule has 3 aromatic heterocycles. The molecule has 1 aromatic carbocycles. The maximum Gasteiger partial charge on any atom is 0.237 e. The summed E-state index contributed by atoms with van der Waals surface area (Å²) in [6.45, 7) is 1.94. The van der Waals surface area contributed by atoms with E-state index in [1.165, 1.54) is 18.1 Å². The number of nitrogen functional groups attached to an aromatic ring is 1. The monoisotopic (exact) mass is 369 g/mol. The first-order valence-corrected chi connectivity index (χ1v) is 8.76. The van der Waals surface area contributed by atoms with Crippen LogP contribution in [0, 0.1) is 0 Å². The van der Waals surface area contributed by atoms with E-state index in [1.807, 2.05) is 6.92 Å². The predicted molar refractivity (Wildman–Crippen MR) is 98.6 cm³/mol. The van der Waals surface area contributed by atoms with Crippen LogP contribution in [-0.4, -0.2) is 46.5 Å². The Bertz CT molecular complexity index is 1090. The molecule has 0 spiro atoms. The minimum Gasteiger partial charge on any atom is -0.368 e. The number of hydrogen-bond acceptors (Lipinski definition) is 8. The van der Waals surface area contributed by atoms with E-state index in [0.29, 0.717) is 33.8 Å². The first-order chi connectivity index (χ1) is 12.6. The highest BCUT2D eigenvalue weighted by Gasteiger charge is 2.21. The number of nitrogens with zero attached hydrogens (tertiary/aromatic N) is 5. The van der Waals surface area contributed by atoms with Crippen LogP contribution in [0.4, 0.5) is 11.6 Å². The lowest BCUT2D eigenvalue weighted by molar-refractivity contribution is -0.115. The number of carbonyl (C=O) groups excluding carboxylic acids is 1. The molecule has 10 nitrogen and oxygen atoms in total. The van der Waals surface area contributed by atoms with Gasteiger partial charge in [0, 0.05) is 5.69 Å². The molecule has 132 valence electrons. The summed E-state index contributed by atoms with van der Waals surface area (Å²) in [5, 5.41) is 13.7. The molecule has 0 bridgehead atoms. The number of nitrogens with one attached hydrogen (secondary N) is 3. The maximum atomic E-state index is 12.7. The summed E-state index contributed by atoms with van der Waals surface area (Å²) >= 11 is 1.32. The summed E-state index contributed by atoms with van der Waals surface area (Å²) in [5.41, 5.74) is 8.96. The molecular weight excluding hydrogens is 354 g/mol. The number of imidazole rings is 1. The molecule has 0 unspecified atom stereocenters. The summed E-state index contributed by atoms with van der Waals surface area (Å²) < 4.78 is 0. The summed E-state index contributed by atoms with van der Waals surface area (Å²) in [6.07, 6.45) is 2.14. The molecule has 4 aromatic rings. The molecular formula is C15H15N9OS. The van der Waals surface area contributed by atoms with Gasteiger partial charge >= 0.3 is 0 Å². The minimum atomic E-state index is -0.358. The van der Waals surface area contributed by atoms with Crippen molar-refractivity contribution in [1.82, 2.24) is 35.3 Å². The number of carbonyl (C=O) groups is 1. The molecule has 0 fully saturated rings. The van der Waals surface area contributed by atoms with E-state index in [2.05, 4.69) is 40.7 Å². The number of aromatic nitrogens is 7. The third-order valence-corrected chi connectivity index (χ3v) is 5.12. The van der Waals surface area contributed by atoms with Gasteiger partial charge in [0.2, 0.25) is 11.9 Å². The maximum absolute atomic E-state index is 12.7. The average molecular weight is 369 g/mol. The van der Waals surface area contributed by atoms with Crippen LogP contribution in [0.15, 0.2) is 29.6 Å². The zero-order chi connectivity index (χ0) is 18.1. The van der Waals surface area contributed by atoms with Crippen LogP contribution in [0.25, 0.3) is 22.2 Å². The van der Waals surface area contributed by atoms with Gasteiger partial charge in [0.1, 0.15) is 21.6 Å².